The molecular weight excluding hydrogens is 312 g/mol. The highest BCUT2D eigenvalue weighted by molar-refractivity contribution is 7.93. The van der Waals surface area contributed by atoms with Crippen LogP contribution in [0.4, 0.5) is 0 Å². The van der Waals surface area contributed by atoms with Crippen molar-refractivity contribution in [3.8, 4) is 0 Å². The smallest absolute Gasteiger partial charge is 0.247 e. The van der Waals surface area contributed by atoms with Crippen molar-refractivity contribution >= 4 is 20.0 Å². The minimum absolute atomic E-state index is 0.0994. The van der Waals surface area contributed by atoms with Gasteiger partial charge in [0.2, 0.25) is 9.84 Å². The van der Waals surface area contributed by atoms with E-state index in [4.69, 9.17) is 4.18 Å². The fraction of sp³-hybridized carbons (Fsp3) is 0.571. The average Bonchev–Trinajstić information content (AvgIpc) is 2.41. The van der Waals surface area contributed by atoms with E-state index in [0.717, 1.165) is 12.7 Å². The van der Waals surface area contributed by atoms with Gasteiger partial charge in [0.25, 0.3) is 10.1 Å². The Morgan fingerprint density at radius 2 is 1.71 bits per heavy atom. The highest BCUT2D eigenvalue weighted by Crippen LogP contribution is 2.44. The molecule has 1 aliphatic rings. The van der Waals surface area contributed by atoms with Crippen molar-refractivity contribution in [1.82, 2.24) is 0 Å². The molecule has 21 heavy (non-hydrogen) atoms. The van der Waals surface area contributed by atoms with Crippen molar-refractivity contribution < 1.29 is 21.0 Å². The first-order chi connectivity index (χ1) is 9.69. The Morgan fingerprint density at radius 1 is 1.10 bits per heavy atom. The van der Waals surface area contributed by atoms with Gasteiger partial charge in [0.15, 0.2) is 4.93 Å². The third-order valence-corrected chi connectivity index (χ3v) is 7.16. The number of hydrogen-bond donors (Lipinski definition) is 0. The maximum Gasteiger partial charge on any atom is 0.265 e. The summed E-state index contributed by atoms with van der Waals surface area (Å²) in [6, 6.07) is 7.91. The third-order valence-electron chi connectivity index (χ3n) is 3.96. The van der Waals surface area contributed by atoms with Gasteiger partial charge in [0.1, 0.15) is 0 Å². The Balaban J connectivity index is 2.60. The Labute approximate surface area is 126 Å². The summed E-state index contributed by atoms with van der Waals surface area (Å²) < 4.78 is 54.5. The second-order valence-corrected chi connectivity index (χ2v) is 9.31. The van der Waals surface area contributed by atoms with Gasteiger partial charge in [-0.15, -0.1) is 0 Å². The lowest BCUT2D eigenvalue weighted by atomic mass is 9.87. The summed E-state index contributed by atoms with van der Waals surface area (Å²) in [5.41, 5.74) is 0. The largest absolute Gasteiger partial charge is 0.265 e. The van der Waals surface area contributed by atoms with Gasteiger partial charge < -0.3 is 0 Å². The number of rotatable bonds is 4. The van der Waals surface area contributed by atoms with Crippen LogP contribution in [0.15, 0.2) is 35.2 Å². The van der Waals surface area contributed by atoms with Crippen LogP contribution < -0.4 is 0 Å². The fourth-order valence-corrected chi connectivity index (χ4v) is 6.38. The van der Waals surface area contributed by atoms with Crippen molar-refractivity contribution in [1.29, 1.82) is 0 Å². The molecule has 0 heterocycles. The maximum atomic E-state index is 13.0. The molecule has 2 unspecified atom stereocenters. The maximum absolute atomic E-state index is 13.0. The standard InChI is InChI=1S/C14H20O5S2/c1-12-8-6-7-11-14(12,19-20(2,15)16)21(17,18)13-9-4-3-5-10-13/h3-5,9-10,12H,6-8,11H2,1-2H3. The van der Waals surface area contributed by atoms with Crippen LogP contribution in [-0.2, 0) is 24.1 Å². The first-order valence-corrected chi connectivity index (χ1v) is 10.2. The van der Waals surface area contributed by atoms with Crippen molar-refractivity contribution in [3.05, 3.63) is 30.3 Å². The zero-order valence-electron chi connectivity index (χ0n) is 12.2. The lowest BCUT2D eigenvalue weighted by Crippen LogP contribution is -2.50. The summed E-state index contributed by atoms with van der Waals surface area (Å²) in [7, 11) is -7.79. The lowest BCUT2D eigenvalue weighted by Gasteiger charge is -2.40. The van der Waals surface area contributed by atoms with E-state index in [9.17, 15) is 16.8 Å². The average molecular weight is 332 g/mol. The molecule has 0 saturated heterocycles. The minimum atomic E-state index is -3.91. The molecule has 1 aliphatic carbocycles. The zero-order valence-corrected chi connectivity index (χ0v) is 13.8. The Morgan fingerprint density at radius 3 is 2.24 bits per heavy atom. The quantitative estimate of drug-likeness (QED) is 0.791. The molecule has 0 amide bonds. The van der Waals surface area contributed by atoms with Gasteiger partial charge in [-0.25, -0.2) is 12.6 Å². The molecule has 1 fully saturated rings. The summed E-state index contributed by atoms with van der Waals surface area (Å²) in [4.78, 5) is -1.59. The molecule has 7 heteroatoms. The molecule has 0 aliphatic heterocycles. The van der Waals surface area contributed by atoms with E-state index in [2.05, 4.69) is 0 Å². The molecule has 0 bridgehead atoms. The second kappa shape index (κ2) is 5.70. The van der Waals surface area contributed by atoms with Gasteiger partial charge in [-0.2, -0.15) is 8.42 Å². The zero-order chi connectivity index (χ0) is 15.7. The highest BCUT2D eigenvalue weighted by atomic mass is 32.2. The summed E-state index contributed by atoms with van der Waals surface area (Å²) >= 11 is 0. The lowest BCUT2D eigenvalue weighted by molar-refractivity contribution is 0.0656. The van der Waals surface area contributed by atoms with Gasteiger partial charge in [0.05, 0.1) is 11.2 Å². The molecule has 0 spiro atoms. The van der Waals surface area contributed by atoms with Crippen LogP contribution in [0.5, 0.6) is 0 Å². The van der Waals surface area contributed by atoms with Crippen molar-refractivity contribution in [2.45, 2.75) is 42.4 Å². The number of sulfone groups is 1. The van der Waals surface area contributed by atoms with Crippen LogP contribution in [0.3, 0.4) is 0 Å². The molecule has 1 saturated carbocycles. The SMILES string of the molecule is CC1CCCCC1(OS(C)(=O)=O)S(=O)(=O)c1ccccc1. The van der Waals surface area contributed by atoms with Gasteiger partial charge in [-0.05, 0) is 31.4 Å². The van der Waals surface area contributed by atoms with Crippen LogP contribution in [0.2, 0.25) is 0 Å². The molecule has 0 N–H and O–H groups in total. The predicted molar refractivity (Wildman–Crippen MR) is 79.9 cm³/mol. The van der Waals surface area contributed by atoms with Crippen molar-refractivity contribution in [3.63, 3.8) is 0 Å². The summed E-state index contributed by atoms with van der Waals surface area (Å²) in [5, 5.41) is 0. The monoisotopic (exact) mass is 332 g/mol. The van der Waals surface area contributed by atoms with Gasteiger partial charge in [0, 0.05) is 5.92 Å². The summed E-state index contributed by atoms with van der Waals surface area (Å²) in [5.74, 6) is -0.383. The third kappa shape index (κ3) is 3.14. The molecule has 2 atom stereocenters. The van der Waals surface area contributed by atoms with Crippen molar-refractivity contribution in [2.24, 2.45) is 5.92 Å². The molecule has 0 aromatic heterocycles. The number of hydrogen-bond acceptors (Lipinski definition) is 5. The van der Waals surface area contributed by atoms with Crippen LogP contribution in [-0.4, -0.2) is 28.0 Å². The minimum Gasteiger partial charge on any atom is -0.247 e. The molecule has 0 radical (unpaired) electrons. The van der Waals surface area contributed by atoms with E-state index in [1.807, 2.05) is 0 Å². The Bertz CT molecular complexity index is 694. The van der Waals surface area contributed by atoms with E-state index in [-0.39, 0.29) is 17.2 Å². The van der Waals surface area contributed by atoms with E-state index >= 15 is 0 Å². The second-order valence-electron chi connectivity index (χ2n) is 5.56. The molecule has 1 aromatic rings. The van der Waals surface area contributed by atoms with E-state index < -0.39 is 24.9 Å². The molecule has 5 nitrogen and oxygen atoms in total. The van der Waals surface area contributed by atoms with Crippen molar-refractivity contribution in [2.75, 3.05) is 6.26 Å². The first-order valence-electron chi connectivity index (χ1n) is 6.89. The van der Waals surface area contributed by atoms with E-state index in [1.165, 1.54) is 12.1 Å². The first kappa shape index (κ1) is 16.5. The number of benzene rings is 1. The van der Waals surface area contributed by atoms with Crippen LogP contribution >= 0.6 is 0 Å². The van der Waals surface area contributed by atoms with Crippen LogP contribution in [0, 0.1) is 5.92 Å². The van der Waals surface area contributed by atoms with E-state index in [0.29, 0.717) is 12.8 Å². The molecular formula is C14H20O5S2. The fourth-order valence-electron chi connectivity index (χ4n) is 2.91. The molecule has 118 valence electrons. The molecule has 2 rings (SSSR count). The topological polar surface area (TPSA) is 77.5 Å². The van der Waals surface area contributed by atoms with Crippen LogP contribution in [0.1, 0.15) is 32.6 Å². The van der Waals surface area contributed by atoms with E-state index in [1.54, 1.807) is 25.1 Å². The van der Waals surface area contributed by atoms with Gasteiger partial charge in [-0.3, -0.25) is 0 Å². The molecule has 1 aromatic carbocycles. The van der Waals surface area contributed by atoms with Gasteiger partial charge >= 0.3 is 0 Å². The normalized spacial score (nSPS) is 27.4. The van der Waals surface area contributed by atoms with Crippen LogP contribution in [0.25, 0.3) is 0 Å². The predicted octanol–water partition coefficient (Wildman–Crippen LogP) is 2.34. The highest BCUT2D eigenvalue weighted by Gasteiger charge is 2.53. The summed E-state index contributed by atoms with van der Waals surface area (Å²) in [6.07, 6.45) is 3.23. The Kier molecular flexibility index (Phi) is 4.46. The van der Waals surface area contributed by atoms with Gasteiger partial charge in [-0.1, -0.05) is 31.5 Å². The Hall–Kier alpha value is -0.920. The summed E-state index contributed by atoms with van der Waals surface area (Å²) in [6.45, 7) is 1.74.